The number of imidazole rings is 1. The van der Waals surface area contributed by atoms with E-state index in [0.29, 0.717) is 0 Å². The predicted octanol–water partition coefficient (Wildman–Crippen LogP) is 2.38. The average Bonchev–Trinajstić information content (AvgIpc) is 2.65. The highest BCUT2D eigenvalue weighted by Crippen LogP contribution is 2.26. The Morgan fingerprint density at radius 2 is 2.25 bits per heavy atom. The second kappa shape index (κ2) is 3.30. The molecule has 66 valence electrons. The van der Waals surface area contributed by atoms with Gasteiger partial charge in [-0.05, 0) is 25.7 Å². The summed E-state index contributed by atoms with van der Waals surface area (Å²) < 4.78 is 2.27. The first-order valence-corrected chi connectivity index (χ1v) is 4.84. The highest BCUT2D eigenvalue weighted by molar-refractivity contribution is 4.89. The third kappa shape index (κ3) is 1.52. The van der Waals surface area contributed by atoms with Crippen LogP contribution in [-0.4, -0.2) is 9.55 Å². The van der Waals surface area contributed by atoms with Gasteiger partial charge < -0.3 is 4.57 Å². The van der Waals surface area contributed by atoms with E-state index in [1.807, 2.05) is 6.20 Å². The number of aryl methyl sites for hydroxylation is 1. The van der Waals surface area contributed by atoms with Crippen LogP contribution < -0.4 is 0 Å². The van der Waals surface area contributed by atoms with Crippen molar-refractivity contribution in [2.24, 2.45) is 5.92 Å². The highest BCUT2D eigenvalue weighted by Gasteiger charge is 2.15. The van der Waals surface area contributed by atoms with Gasteiger partial charge in [0.05, 0.1) is 0 Å². The van der Waals surface area contributed by atoms with E-state index in [1.165, 1.54) is 32.2 Å². The maximum absolute atomic E-state index is 4.22. The van der Waals surface area contributed by atoms with Gasteiger partial charge in [-0.15, -0.1) is 0 Å². The molecule has 0 saturated heterocycles. The normalized spacial score (nSPS) is 18.8. The second-order valence-corrected chi connectivity index (χ2v) is 3.78. The average molecular weight is 164 g/mol. The molecule has 0 aliphatic heterocycles. The molecule has 12 heavy (non-hydrogen) atoms. The Hall–Kier alpha value is -0.790. The minimum atomic E-state index is 0.915. The summed E-state index contributed by atoms with van der Waals surface area (Å²) in [7, 11) is 0. The van der Waals surface area contributed by atoms with E-state index < -0.39 is 0 Å². The minimum Gasteiger partial charge on any atom is -0.335 e. The van der Waals surface area contributed by atoms with Gasteiger partial charge in [-0.3, -0.25) is 0 Å². The number of hydrogen-bond acceptors (Lipinski definition) is 1. The van der Waals surface area contributed by atoms with Crippen LogP contribution in [0.5, 0.6) is 0 Å². The summed E-state index contributed by atoms with van der Waals surface area (Å²) in [5.41, 5.74) is 0. The van der Waals surface area contributed by atoms with Crippen LogP contribution in [0.25, 0.3) is 0 Å². The topological polar surface area (TPSA) is 17.8 Å². The first kappa shape index (κ1) is 7.84. The van der Waals surface area contributed by atoms with Crippen LogP contribution in [0.15, 0.2) is 12.4 Å². The van der Waals surface area contributed by atoms with Crippen molar-refractivity contribution in [2.45, 2.75) is 39.2 Å². The molecule has 0 aromatic carbocycles. The maximum Gasteiger partial charge on any atom is 0.105 e. The standard InChI is InChI=1S/C10H16N2/c1-9-11-6-7-12(9)8-10-4-2-3-5-10/h6-7,10H,2-5,8H2,1H3. The number of rotatable bonds is 2. The summed E-state index contributed by atoms with van der Waals surface area (Å²) in [5, 5.41) is 0. The lowest BCUT2D eigenvalue weighted by Crippen LogP contribution is -2.07. The van der Waals surface area contributed by atoms with Gasteiger partial charge in [0, 0.05) is 18.9 Å². The molecule has 1 aliphatic carbocycles. The Bertz CT molecular complexity index is 246. The fraction of sp³-hybridized carbons (Fsp3) is 0.700. The molecule has 2 heteroatoms. The largest absolute Gasteiger partial charge is 0.335 e. The van der Waals surface area contributed by atoms with Gasteiger partial charge in [0.2, 0.25) is 0 Å². The fourth-order valence-corrected chi connectivity index (χ4v) is 2.07. The van der Waals surface area contributed by atoms with Crippen molar-refractivity contribution in [1.82, 2.24) is 9.55 Å². The Kier molecular flexibility index (Phi) is 2.15. The van der Waals surface area contributed by atoms with E-state index in [2.05, 4.69) is 22.7 Å². The van der Waals surface area contributed by atoms with Gasteiger partial charge in [0.1, 0.15) is 5.82 Å². The summed E-state index contributed by atoms with van der Waals surface area (Å²) in [4.78, 5) is 4.22. The minimum absolute atomic E-state index is 0.915. The van der Waals surface area contributed by atoms with Crippen molar-refractivity contribution in [2.75, 3.05) is 0 Å². The molecular formula is C10H16N2. The zero-order chi connectivity index (χ0) is 8.39. The monoisotopic (exact) mass is 164 g/mol. The van der Waals surface area contributed by atoms with Crippen LogP contribution in [-0.2, 0) is 6.54 Å². The molecule has 1 aromatic heterocycles. The van der Waals surface area contributed by atoms with Crippen molar-refractivity contribution in [1.29, 1.82) is 0 Å². The molecule has 0 N–H and O–H groups in total. The third-order valence-electron chi connectivity index (χ3n) is 2.85. The molecular weight excluding hydrogens is 148 g/mol. The smallest absolute Gasteiger partial charge is 0.105 e. The zero-order valence-electron chi connectivity index (χ0n) is 7.66. The lowest BCUT2D eigenvalue weighted by Gasteiger charge is -2.10. The van der Waals surface area contributed by atoms with Gasteiger partial charge in [-0.25, -0.2) is 4.98 Å². The first-order chi connectivity index (χ1) is 5.86. The summed E-state index contributed by atoms with van der Waals surface area (Å²) in [5.74, 6) is 2.07. The number of hydrogen-bond donors (Lipinski definition) is 0. The van der Waals surface area contributed by atoms with Gasteiger partial charge in [0.15, 0.2) is 0 Å². The van der Waals surface area contributed by atoms with Crippen molar-refractivity contribution < 1.29 is 0 Å². The van der Waals surface area contributed by atoms with E-state index in [4.69, 9.17) is 0 Å². The van der Waals surface area contributed by atoms with E-state index in [1.54, 1.807) is 0 Å². The molecule has 1 aromatic rings. The Balaban J connectivity index is 1.98. The molecule has 0 amide bonds. The molecule has 1 heterocycles. The maximum atomic E-state index is 4.22. The van der Waals surface area contributed by atoms with Crippen LogP contribution in [0, 0.1) is 12.8 Å². The summed E-state index contributed by atoms with van der Waals surface area (Å²) in [6.07, 6.45) is 9.67. The Morgan fingerprint density at radius 1 is 1.50 bits per heavy atom. The molecule has 1 saturated carbocycles. The molecule has 1 aliphatic rings. The third-order valence-corrected chi connectivity index (χ3v) is 2.85. The van der Waals surface area contributed by atoms with Crippen LogP contribution in [0.1, 0.15) is 31.5 Å². The quantitative estimate of drug-likeness (QED) is 0.656. The fourth-order valence-electron chi connectivity index (χ4n) is 2.07. The molecule has 1 fully saturated rings. The Labute approximate surface area is 73.6 Å². The van der Waals surface area contributed by atoms with Crippen LogP contribution >= 0.6 is 0 Å². The molecule has 0 radical (unpaired) electrons. The van der Waals surface area contributed by atoms with Gasteiger partial charge >= 0.3 is 0 Å². The van der Waals surface area contributed by atoms with Crippen molar-refractivity contribution in [3.8, 4) is 0 Å². The predicted molar refractivity (Wildman–Crippen MR) is 48.9 cm³/mol. The van der Waals surface area contributed by atoms with Crippen LogP contribution in [0.3, 0.4) is 0 Å². The summed E-state index contributed by atoms with van der Waals surface area (Å²) >= 11 is 0. The van der Waals surface area contributed by atoms with Crippen molar-refractivity contribution in [3.63, 3.8) is 0 Å². The van der Waals surface area contributed by atoms with Crippen molar-refractivity contribution >= 4 is 0 Å². The van der Waals surface area contributed by atoms with Gasteiger partial charge in [-0.1, -0.05) is 12.8 Å². The SMILES string of the molecule is Cc1nccn1CC1CCCC1. The molecule has 0 unspecified atom stereocenters. The van der Waals surface area contributed by atoms with Crippen LogP contribution in [0.2, 0.25) is 0 Å². The van der Waals surface area contributed by atoms with E-state index in [-0.39, 0.29) is 0 Å². The van der Waals surface area contributed by atoms with E-state index in [0.717, 1.165) is 11.7 Å². The number of nitrogens with zero attached hydrogens (tertiary/aromatic N) is 2. The summed E-state index contributed by atoms with van der Waals surface area (Å²) in [6.45, 7) is 3.26. The molecule has 0 spiro atoms. The summed E-state index contributed by atoms with van der Waals surface area (Å²) in [6, 6.07) is 0. The molecule has 2 rings (SSSR count). The highest BCUT2D eigenvalue weighted by atomic mass is 15.1. The van der Waals surface area contributed by atoms with Crippen LogP contribution in [0.4, 0.5) is 0 Å². The number of aromatic nitrogens is 2. The van der Waals surface area contributed by atoms with E-state index >= 15 is 0 Å². The lowest BCUT2D eigenvalue weighted by atomic mass is 10.1. The van der Waals surface area contributed by atoms with E-state index in [9.17, 15) is 0 Å². The van der Waals surface area contributed by atoms with Gasteiger partial charge in [-0.2, -0.15) is 0 Å². The molecule has 0 bridgehead atoms. The second-order valence-electron chi connectivity index (χ2n) is 3.78. The lowest BCUT2D eigenvalue weighted by molar-refractivity contribution is 0.451. The van der Waals surface area contributed by atoms with Gasteiger partial charge in [0.25, 0.3) is 0 Å². The Morgan fingerprint density at radius 3 is 2.83 bits per heavy atom. The first-order valence-electron chi connectivity index (χ1n) is 4.84. The van der Waals surface area contributed by atoms with Crippen molar-refractivity contribution in [3.05, 3.63) is 18.2 Å². The molecule has 2 nitrogen and oxygen atoms in total. The zero-order valence-corrected chi connectivity index (χ0v) is 7.66. The molecule has 0 atom stereocenters.